The first-order valence-corrected chi connectivity index (χ1v) is 4.85. The first-order chi connectivity index (χ1) is 5.76. The zero-order chi connectivity index (χ0) is 9.40. The van der Waals surface area contributed by atoms with Crippen LogP contribution < -0.4 is 0 Å². The Bertz CT molecular complexity index is 132. The van der Waals surface area contributed by atoms with E-state index in [0.717, 1.165) is 19.4 Å². The van der Waals surface area contributed by atoms with E-state index in [2.05, 4.69) is 18.8 Å². The van der Waals surface area contributed by atoms with Gasteiger partial charge >= 0.3 is 0 Å². The summed E-state index contributed by atoms with van der Waals surface area (Å²) in [5.74, 6) is 0.525. The third kappa shape index (κ3) is 4.47. The largest absolute Gasteiger partial charge is 0.294 e. The maximum Gasteiger partial charge on any atom is 0.0898 e. The Hall–Kier alpha value is -0.400. The molecular formula is C10H20FN. The van der Waals surface area contributed by atoms with E-state index >= 15 is 0 Å². The molecule has 1 nitrogen and oxygen atoms in total. The lowest BCUT2D eigenvalue weighted by atomic mass is 9.99. The van der Waals surface area contributed by atoms with E-state index < -0.39 is 0 Å². The molecule has 0 N–H and O–H groups in total. The van der Waals surface area contributed by atoms with E-state index in [4.69, 9.17) is 0 Å². The second-order valence-electron chi connectivity index (χ2n) is 3.07. The first-order valence-electron chi connectivity index (χ1n) is 4.85. The molecule has 0 aliphatic rings. The Morgan fingerprint density at radius 1 is 1.42 bits per heavy atom. The van der Waals surface area contributed by atoms with Gasteiger partial charge in [-0.25, -0.2) is 0 Å². The highest BCUT2D eigenvalue weighted by Crippen LogP contribution is 2.09. The molecule has 12 heavy (non-hydrogen) atoms. The van der Waals surface area contributed by atoms with Gasteiger partial charge in [0.1, 0.15) is 0 Å². The Morgan fingerprint density at radius 3 is 2.50 bits per heavy atom. The van der Waals surface area contributed by atoms with Crippen molar-refractivity contribution >= 4 is 5.71 Å². The highest BCUT2D eigenvalue weighted by Gasteiger charge is 2.06. The minimum atomic E-state index is -0.223. The third-order valence-electron chi connectivity index (χ3n) is 2.11. The first kappa shape index (κ1) is 11.6. The molecular weight excluding hydrogens is 153 g/mol. The molecule has 0 heterocycles. The van der Waals surface area contributed by atoms with Crippen molar-refractivity contribution in [3.63, 3.8) is 0 Å². The molecule has 0 spiro atoms. The molecule has 0 saturated heterocycles. The number of hydrogen-bond acceptors (Lipinski definition) is 1. The minimum absolute atomic E-state index is 0.223. The highest BCUT2D eigenvalue weighted by atomic mass is 19.1. The third-order valence-corrected chi connectivity index (χ3v) is 2.11. The van der Waals surface area contributed by atoms with Gasteiger partial charge in [-0.15, -0.1) is 0 Å². The minimum Gasteiger partial charge on any atom is -0.294 e. The van der Waals surface area contributed by atoms with Crippen molar-refractivity contribution in [2.45, 2.75) is 40.0 Å². The summed E-state index contributed by atoms with van der Waals surface area (Å²) in [5.41, 5.74) is 1.19. The smallest absolute Gasteiger partial charge is 0.0898 e. The predicted molar refractivity (Wildman–Crippen MR) is 52.6 cm³/mol. The molecule has 2 heteroatoms. The monoisotopic (exact) mass is 173 g/mol. The fourth-order valence-corrected chi connectivity index (χ4v) is 1.17. The molecule has 0 bridgehead atoms. The molecule has 0 radical (unpaired) electrons. The fourth-order valence-electron chi connectivity index (χ4n) is 1.17. The summed E-state index contributed by atoms with van der Waals surface area (Å²) in [4.78, 5) is 4.38. The number of hydrogen-bond donors (Lipinski definition) is 0. The van der Waals surface area contributed by atoms with Crippen molar-refractivity contribution in [3.05, 3.63) is 0 Å². The van der Waals surface area contributed by atoms with Crippen LogP contribution in [0.1, 0.15) is 40.0 Å². The average molecular weight is 173 g/mol. The Balaban J connectivity index is 3.94. The number of nitrogens with zero attached hydrogens (tertiary/aromatic N) is 1. The van der Waals surface area contributed by atoms with Crippen LogP contribution in [0, 0.1) is 5.92 Å². The van der Waals surface area contributed by atoms with Crippen molar-refractivity contribution in [2.75, 3.05) is 13.2 Å². The van der Waals surface area contributed by atoms with Gasteiger partial charge in [-0.3, -0.25) is 9.38 Å². The quantitative estimate of drug-likeness (QED) is 0.547. The van der Waals surface area contributed by atoms with Crippen LogP contribution in [0.25, 0.3) is 0 Å². The zero-order valence-electron chi connectivity index (χ0n) is 8.44. The van der Waals surface area contributed by atoms with Gasteiger partial charge in [-0.2, -0.15) is 0 Å². The fraction of sp³-hybridized carbons (Fsp3) is 0.900. The van der Waals surface area contributed by atoms with E-state index in [9.17, 15) is 4.39 Å². The Labute approximate surface area is 75.1 Å². The SMILES string of the molecule is CCN=C(CCCF)C(C)CC. The molecule has 1 unspecified atom stereocenters. The number of alkyl halides is 1. The van der Waals surface area contributed by atoms with Crippen molar-refractivity contribution in [2.24, 2.45) is 10.9 Å². The van der Waals surface area contributed by atoms with E-state index in [-0.39, 0.29) is 6.67 Å². The summed E-state index contributed by atoms with van der Waals surface area (Å²) in [6, 6.07) is 0. The summed E-state index contributed by atoms with van der Waals surface area (Å²) >= 11 is 0. The maximum absolute atomic E-state index is 11.9. The van der Waals surface area contributed by atoms with Gasteiger partial charge in [0.25, 0.3) is 0 Å². The van der Waals surface area contributed by atoms with Crippen LogP contribution >= 0.6 is 0 Å². The van der Waals surface area contributed by atoms with Gasteiger partial charge in [0.05, 0.1) is 6.67 Å². The molecule has 0 fully saturated rings. The molecule has 72 valence electrons. The van der Waals surface area contributed by atoms with E-state index in [0.29, 0.717) is 12.3 Å². The van der Waals surface area contributed by atoms with Crippen LogP contribution in [0.4, 0.5) is 4.39 Å². The van der Waals surface area contributed by atoms with Gasteiger partial charge < -0.3 is 0 Å². The van der Waals surface area contributed by atoms with Gasteiger partial charge in [0.2, 0.25) is 0 Å². The summed E-state index contributed by atoms with van der Waals surface area (Å²) in [6.07, 6.45) is 2.56. The lowest BCUT2D eigenvalue weighted by Gasteiger charge is -2.11. The predicted octanol–water partition coefficient (Wildman–Crippen LogP) is 3.24. The lowest BCUT2D eigenvalue weighted by Crippen LogP contribution is -2.11. The number of rotatable bonds is 6. The summed E-state index contributed by atoms with van der Waals surface area (Å²) in [7, 11) is 0. The van der Waals surface area contributed by atoms with Crippen LogP contribution in [0.5, 0.6) is 0 Å². The van der Waals surface area contributed by atoms with E-state index in [1.807, 2.05) is 6.92 Å². The molecule has 0 saturated carbocycles. The van der Waals surface area contributed by atoms with Crippen molar-refractivity contribution in [1.29, 1.82) is 0 Å². The summed E-state index contributed by atoms with van der Waals surface area (Å²) < 4.78 is 11.9. The van der Waals surface area contributed by atoms with Gasteiger partial charge in [-0.1, -0.05) is 13.8 Å². The van der Waals surface area contributed by atoms with Crippen molar-refractivity contribution in [3.8, 4) is 0 Å². The molecule has 0 aliphatic carbocycles. The molecule has 0 aromatic rings. The normalized spacial score (nSPS) is 14.8. The number of aliphatic imine (C=N–C) groups is 1. The highest BCUT2D eigenvalue weighted by molar-refractivity contribution is 5.86. The average Bonchev–Trinajstić information content (AvgIpc) is 2.11. The van der Waals surface area contributed by atoms with Crippen LogP contribution in [0.2, 0.25) is 0 Å². The Morgan fingerprint density at radius 2 is 2.08 bits per heavy atom. The van der Waals surface area contributed by atoms with E-state index in [1.54, 1.807) is 0 Å². The maximum atomic E-state index is 11.9. The van der Waals surface area contributed by atoms with E-state index in [1.165, 1.54) is 5.71 Å². The topological polar surface area (TPSA) is 12.4 Å². The van der Waals surface area contributed by atoms with Crippen LogP contribution in [-0.2, 0) is 0 Å². The summed E-state index contributed by atoms with van der Waals surface area (Å²) in [5, 5.41) is 0. The Kier molecular flexibility index (Phi) is 7.02. The number of halogens is 1. The molecule has 1 atom stereocenters. The molecule has 0 aromatic carbocycles. The van der Waals surface area contributed by atoms with Crippen LogP contribution in [0.3, 0.4) is 0 Å². The van der Waals surface area contributed by atoms with Gasteiger partial charge in [-0.05, 0) is 32.1 Å². The van der Waals surface area contributed by atoms with Crippen molar-refractivity contribution < 1.29 is 4.39 Å². The standard InChI is InChI=1S/C10H20FN/c1-4-9(3)10(12-5-2)7-6-8-11/h9H,4-8H2,1-3H3. The van der Waals surface area contributed by atoms with Gasteiger partial charge in [0.15, 0.2) is 0 Å². The summed E-state index contributed by atoms with van der Waals surface area (Å²) in [6.45, 7) is 6.93. The second-order valence-corrected chi connectivity index (χ2v) is 3.07. The molecule has 0 amide bonds. The van der Waals surface area contributed by atoms with Gasteiger partial charge in [0, 0.05) is 12.3 Å². The van der Waals surface area contributed by atoms with Crippen LogP contribution in [-0.4, -0.2) is 18.9 Å². The molecule has 0 rings (SSSR count). The molecule has 0 aromatic heterocycles. The lowest BCUT2D eigenvalue weighted by molar-refractivity contribution is 0.476. The molecule has 0 aliphatic heterocycles. The zero-order valence-corrected chi connectivity index (χ0v) is 8.44. The van der Waals surface area contributed by atoms with Crippen molar-refractivity contribution in [1.82, 2.24) is 0 Å². The second kappa shape index (κ2) is 7.26. The van der Waals surface area contributed by atoms with Crippen LogP contribution in [0.15, 0.2) is 4.99 Å².